The zero-order valence-corrected chi connectivity index (χ0v) is 35.1. The molecule has 6 aromatic rings. The number of nitrogens with one attached hydrogen (secondary N) is 2. The van der Waals surface area contributed by atoms with E-state index in [2.05, 4.69) is 27.0 Å². The van der Waals surface area contributed by atoms with Crippen molar-refractivity contribution >= 4 is 49.8 Å². The first kappa shape index (κ1) is 42.8. The first-order valence-electron chi connectivity index (χ1n) is 19.7. The second-order valence-electron chi connectivity index (χ2n) is 15.0. The number of carbonyl (C=O) groups is 3. The Morgan fingerprint density at radius 1 is 0.729 bits per heavy atom. The molecule has 0 radical (unpaired) electrons. The van der Waals surface area contributed by atoms with Gasteiger partial charge in [0.15, 0.2) is 0 Å². The highest BCUT2D eigenvalue weighted by molar-refractivity contribution is 7.85. The Kier molecular flexibility index (Phi) is 14.0. The summed E-state index contributed by atoms with van der Waals surface area (Å²) in [5.74, 6) is -0.576. The van der Waals surface area contributed by atoms with Crippen LogP contribution in [0, 0.1) is 13.8 Å². The van der Waals surface area contributed by atoms with Crippen LogP contribution >= 0.6 is 0 Å². The molecule has 310 valence electrons. The maximum atomic E-state index is 12.9. The second kappa shape index (κ2) is 19.3. The molecule has 3 heterocycles. The van der Waals surface area contributed by atoms with Crippen molar-refractivity contribution in [1.29, 1.82) is 0 Å². The number of likely N-dealkylation sites (tertiary alicyclic amines) is 1. The van der Waals surface area contributed by atoms with Crippen LogP contribution in [0.15, 0.2) is 97.1 Å². The molecule has 7 rings (SSSR count). The van der Waals surface area contributed by atoms with E-state index in [1.54, 1.807) is 6.92 Å². The fourth-order valence-corrected chi connectivity index (χ4v) is 7.75. The quantitative estimate of drug-likeness (QED) is 0.0854. The third-order valence-electron chi connectivity index (χ3n) is 10.6. The first-order chi connectivity index (χ1) is 28.3. The van der Waals surface area contributed by atoms with Crippen molar-refractivity contribution < 1.29 is 36.5 Å². The van der Waals surface area contributed by atoms with Crippen molar-refractivity contribution in [2.24, 2.45) is 0 Å². The second-order valence-corrected chi connectivity index (χ2v) is 16.7. The molecule has 13 heteroatoms. The number of amides is 1. The molecule has 2 N–H and O–H groups in total. The van der Waals surface area contributed by atoms with Gasteiger partial charge in [0.25, 0.3) is 10.1 Å². The van der Waals surface area contributed by atoms with E-state index in [1.165, 1.54) is 5.56 Å². The predicted octanol–water partition coefficient (Wildman–Crippen LogP) is 7.28. The number of rotatable bonds is 14. The lowest BCUT2D eigenvalue weighted by Gasteiger charge is -2.23. The number of fused-ring (bicyclic) bond motifs is 2. The highest BCUT2D eigenvalue weighted by Gasteiger charge is 2.27. The van der Waals surface area contributed by atoms with Gasteiger partial charge in [0.05, 0.1) is 24.0 Å². The maximum Gasteiger partial charge on any atom is 0.340 e. The zero-order valence-electron chi connectivity index (χ0n) is 34.2. The number of ether oxygens (including phenoxy) is 2. The summed E-state index contributed by atoms with van der Waals surface area (Å²) in [6.07, 6.45) is 3.36. The normalized spacial score (nSPS) is 14.2. The third-order valence-corrected chi connectivity index (χ3v) is 11.2. The summed E-state index contributed by atoms with van der Waals surface area (Å²) in [6, 6.07) is 31.4. The van der Waals surface area contributed by atoms with Gasteiger partial charge in [0.1, 0.15) is 13.2 Å². The van der Waals surface area contributed by atoms with Crippen LogP contribution in [0.1, 0.15) is 67.7 Å². The molecule has 0 bridgehead atoms. The average Bonchev–Trinajstić information content (AvgIpc) is 3.92. The van der Waals surface area contributed by atoms with Crippen LogP contribution in [0.4, 0.5) is 0 Å². The van der Waals surface area contributed by atoms with E-state index in [9.17, 15) is 22.8 Å². The summed E-state index contributed by atoms with van der Waals surface area (Å²) in [4.78, 5) is 47.9. The Balaban J connectivity index is 0.000000201. The highest BCUT2D eigenvalue weighted by atomic mass is 32.2. The standard InChI is InChI=1S/C26H31N3O3.C20H21NO5S/c1-18-25(26(31)32-17-21-7-5-4-6-8-21)23-15-20(9-10-24(23)27-18)11-13-29-14-12-22(16-29)28(3)19(2)30;1-14-19(20(22)25-13-16-6-4-3-5-7-16)17-12-15(8-9-18(17)21-14)10-11-26-27(2,23)24/h4-10,15,22,27H,11-14,16-17H2,1-3H3;3-9,12,21H,10-11,13H2,1-2H3. The summed E-state index contributed by atoms with van der Waals surface area (Å²) >= 11 is 0. The van der Waals surface area contributed by atoms with E-state index < -0.39 is 16.1 Å². The smallest absolute Gasteiger partial charge is 0.340 e. The molecule has 2 aromatic heterocycles. The van der Waals surface area contributed by atoms with Crippen molar-refractivity contribution in [2.75, 3.05) is 39.5 Å². The van der Waals surface area contributed by atoms with Gasteiger partial charge in [-0.1, -0.05) is 72.8 Å². The number of esters is 2. The summed E-state index contributed by atoms with van der Waals surface area (Å²) < 4.78 is 38.0. The van der Waals surface area contributed by atoms with Crippen molar-refractivity contribution in [3.05, 3.63) is 142 Å². The molecule has 1 saturated heterocycles. The summed E-state index contributed by atoms with van der Waals surface area (Å²) in [5, 5.41) is 1.66. The Bertz CT molecular complexity index is 2510. The Hall–Kier alpha value is -5.76. The van der Waals surface area contributed by atoms with E-state index >= 15 is 0 Å². The maximum absolute atomic E-state index is 12.9. The molecule has 0 aliphatic carbocycles. The molecule has 12 nitrogen and oxygen atoms in total. The number of nitrogens with zero attached hydrogens (tertiary/aromatic N) is 2. The van der Waals surface area contributed by atoms with Crippen molar-refractivity contribution in [2.45, 2.75) is 59.3 Å². The van der Waals surface area contributed by atoms with E-state index in [1.807, 2.05) is 111 Å². The lowest BCUT2D eigenvalue weighted by atomic mass is 10.1. The molecule has 1 fully saturated rings. The fraction of sp³-hybridized carbons (Fsp3) is 0.326. The van der Waals surface area contributed by atoms with Gasteiger partial charge in [-0.05, 0) is 79.6 Å². The van der Waals surface area contributed by atoms with Crippen molar-refractivity contribution in [1.82, 2.24) is 19.8 Å². The number of benzene rings is 4. The van der Waals surface area contributed by atoms with Crippen LogP contribution in [0.3, 0.4) is 0 Å². The van der Waals surface area contributed by atoms with Gasteiger partial charge >= 0.3 is 11.9 Å². The third kappa shape index (κ3) is 11.5. The number of hydrogen-bond acceptors (Lipinski definition) is 9. The van der Waals surface area contributed by atoms with Crippen molar-refractivity contribution in [3.8, 4) is 0 Å². The molecule has 1 aliphatic heterocycles. The minimum atomic E-state index is -3.47. The Morgan fingerprint density at radius 2 is 1.22 bits per heavy atom. The minimum absolute atomic E-state index is 0.0571. The van der Waals surface area contributed by atoms with Crippen LogP contribution in [0.25, 0.3) is 21.8 Å². The molecule has 0 spiro atoms. The predicted molar refractivity (Wildman–Crippen MR) is 229 cm³/mol. The lowest BCUT2D eigenvalue weighted by Crippen LogP contribution is -2.37. The molecule has 1 aliphatic rings. The molecule has 1 unspecified atom stereocenters. The Morgan fingerprint density at radius 3 is 1.69 bits per heavy atom. The number of aromatic nitrogens is 2. The summed E-state index contributed by atoms with van der Waals surface area (Å²) in [5.41, 5.74) is 8.39. The lowest BCUT2D eigenvalue weighted by molar-refractivity contribution is -0.129. The molecule has 0 saturated carbocycles. The molecular weight excluding hydrogens is 769 g/mol. The number of carbonyl (C=O) groups excluding carboxylic acids is 3. The van der Waals surface area contributed by atoms with Gasteiger partial charge in [0, 0.05) is 72.8 Å². The molecule has 1 atom stereocenters. The monoisotopic (exact) mass is 820 g/mol. The minimum Gasteiger partial charge on any atom is -0.457 e. The zero-order chi connectivity index (χ0) is 42.1. The van der Waals surface area contributed by atoms with Crippen LogP contribution in [-0.4, -0.2) is 91.6 Å². The number of hydrogen-bond donors (Lipinski definition) is 2. The van der Waals surface area contributed by atoms with Crippen LogP contribution in [0.5, 0.6) is 0 Å². The number of likely N-dealkylation sites (N-methyl/N-ethyl adjacent to an activating group) is 1. The largest absolute Gasteiger partial charge is 0.457 e. The summed E-state index contributed by atoms with van der Waals surface area (Å²) in [6.45, 7) is 8.74. The van der Waals surface area contributed by atoms with Gasteiger partial charge in [-0.25, -0.2) is 9.59 Å². The van der Waals surface area contributed by atoms with Crippen LogP contribution in [0.2, 0.25) is 0 Å². The molecule has 1 amide bonds. The van der Waals surface area contributed by atoms with E-state index in [4.69, 9.17) is 13.7 Å². The number of aromatic amines is 2. The average molecular weight is 821 g/mol. The van der Waals surface area contributed by atoms with E-state index in [0.29, 0.717) is 23.6 Å². The molecule has 4 aromatic carbocycles. The Labute approximate surface area is 345 Å². The topological polar surface area (TPSA) is 151 Å². The first-order valence-corrected chi connectivity index (χ1v) is 21.5. The van der Waals surface area contributed by atoms with E-state index in [0.717, 1.165) is 88.6 Å². The van der Waals surface area contributed by atoms with Crippen molar-refractivity contribution in [3.63, 3.8) is 0 Å². The number of H-pyrrole nitrogens is 2. The molecular formula is C46H52N4O8S. The van der Waals surface area contributed by atoms with Gasteiger partial charge in [-0.3, -0.25) is 8.98 Å². The van der Waals surface area contributed by atoms with Gasteiger partial charge in [-0.2, -0.15) is 8.42 Å². The van der Waals surface area contributed by atoms with Crippen LogP contribution in [-0.2, 0) is 54.6 Å². The van der Waals surface area contributed by atoms with Gasteiger partial charge in [-0.15, -0.1) is 0 Å². The van der Waals surface area contributed by atoms with E-state index in [-0.39, 0.29) is 31.7 Å². The van der Waals surface area contributed by atoms with Gasteiger partial charge < -0.3 is 29.2 Å². The fourth-order valence-electron chi connectivity index (χ4n) is 7.36. The van der Waals surface area contributed by atoms with Gasteiger partial charge in [0.2, 0.25) is 5.91 Å². The van der Waals surface area contributed by atoms with Crippen LogP contribution < -0.4 is 0 Å². The molecule has 59 heavy (non-hydrogen) atoms. The number of aryl methyl sites for hydroxylation is 2. The highest BCUT2D eigenvalue weighted by Crippen LogP contribution is 2.27. The SMILES string of the molecule is CC(=O)N(C)C1CCN(CCc2ccc3[nH]c(C)c(C(=O)OCc4ccccc4)c3c2)C1.Cc1[nH]c2ccc(CCOS(C)(=O)=O)cc2c1C(=O)OCc1ccccc1. The summed E-state index contributed by atoms with van der Waals surface area (Å²) in [7, 11) is -1.58.